The molecule has 0 spiro atoms. The molecular weight excluding hydrogens is 372 g/mol. The van der Waals surface area contributed by atoms with Crippen molar-refractivity contribution in [1.82, 2.24) is 10.2 Å². The summed E-state index contributed by atoms with van der Waals surface area (Å²) in [5.74, 6) is 0.691. The van der Waals surface area contributed by atoms with Crippen molar-refractivity contribution in [2.75, 3.05) is 13.1 Å². The molecule has 1 aromatic carbocycles. The lowest BCUT2D eigenvalue weighted by atomic mass is 9.72. The monoisotopic (exact) mass is 392 g/mol. The first kappa shape index (κ1) is 15.6. The average molecular weight is 393 g/mol. The summed E-state index contributed by atoms with van der Waals surface area (Å²) in [6, 6.07) is 8.41. The number of halogens is 1. The SMILES string of the molecule is CC1(C)[C@H](NC(=O)c2cc3ccc(Br)cc3s2)C2CCN1CC2. The first-order valence-electron chi connectivity index (χ1n) is 8.20. The van der Waals surface area contributed by atoms with Crippen molar-refractivity contribution in [3.05, 3.63) is 33.6 Å². The summed E-state index contributed by atoms with van der Waals surface area (Å²) in [6.45, 7) is 6.87. The van der Waals surface area contributed by atoms with Gasteiger partial charge in [0.05, 0.1) is 4.88 Å². The van der Waals surface area contributed by atoms with Crippen LogP contribution in [-0.4, -0.2) is 35.5 Å². The molecular formula is C18H21BrN2OS. The van der Waals surface area contributed by atoms with Gasteiger partial charge in [0.2, 0.25) is 0 Å². The van der Waals surface area contributed by atoms with Crippen molar-refractivity contribution in [1.29, 1.82) is 0 Å². The van der Waals surface area contributed by atoms with Crippen LogP contribution in [0.15, 0.2) is 28.7 Å². The van der Waals surface area contributed by atoms with Gasteiger partial charge in [0.15, 0.2) is 0 Å². The maximum absolute atomic E-state index is 12.8. The van der Waals surface area contributed by atoms with Crippen molar-refractivity contribution in [2.24, 2.45) is 5.92 Å². The van der Waals surface area contributed by atoms with Gasteiger partial charge in [-0.2, -0.15) is 0 Å². The van der Waals surface area contributed by atoms with Crippen LogP contribution in [0.5, 0.6) is 0 Å². The summed E-state index contributed by atoms with van der Waals surface area (Å²) in [5.41, 5.74) is 0.0521. The lowest BCUT2D eigenvalue weighted by Gasteiger charge is -2.56. The van der Waals surface area contributed by atoms with Crippen LogP contribution in [0.2, 0.25) is 0 Å². The van der Waals surface area contributed by atoms with Gasteiger partial charge >= 0.3 is 0 Å². The molecule has 2 bridgehead atoms. The van der Waals surface area contributed by atoms with E-state index in [9.17, 15) is 4.79 Å². The Morgan fingerprint density at radius 1 is 1.30 bits per heavy atom. The van der Waals surface area contributed by atoms with E-state index in [0.29, 0.717) is 5.92 Å². The number of carbonyl (C=O) groups excluding carboxylic acids is 1. The molecule has 2 aromatic rings. The topological polar surface area (TPSA) is 32.3 Å². The summed E-state index contributed by atoms with van der Waals surface area (Å²) < 4.78 is 2.20. The molecule has 0 saturated carbocycles. The summed E-state index contributed by atoms with van der Waals surface area (Å²) in [6.07, 6.45) is 2.40. The number of thiophene rings is 1. The van der Waals surface area contributed by atoms with Crippen LogP contribution in [0.1, 0.15) is 36.4 Å². The van der Waals surface area contributed by atoms with E-state index in [4.69, 9.17) is 0 Å². The predicted octanol–water partition coefficient (Wildman–Crippen LogP) is 4.27. The molecule has 1 N–H and O–H groups in total. The van der Waals surface area contributed by atoms with Crippen LogP contribution < -0.4 is 5.32 Å². The number of nitrogens with zero attached hydrogens (tertiary/aromatic N) is 1. The molecule has 1 amide bonds. The third-order valence-corrected chi connectivity index (χ3v) is 7.17. The summed E-state index contributed by atoms with van der Waals surface area (Å²) in [5, 5.41) is 4.49. The fourth-order valence-electron chi connectivity index (χ4n) is 4.21. The number of carbonyl (C=O) groups is 1. The van der Waals surface area contributed by atoms with Gasteiger partial charge in [-0.1, -0.05) is 22.0 Å². The van der Waals surface area contributed by atoms with Gasteiger partial charge in [-0.25, -0.2) is 0 Å². The Balaban J connectivity index is 1.59. The van der Waals surface area contributed by atoms with Gasteiger partial charge in [0, 0.05) is 20.8 Å². The molecule has 1 atom stereocenters. The Hall–Kier alpha value is -0.910. The average Bonchev–Trinajstić information content (AvgIpc) is 2.94. The van der Waals surface area contributed by atoms with Crippen molar-refractivity contribution >= 4 is 43.3 Å². The van der Waals surface area contributed by atoms with Crippen molar-refractivity contribution < 1.29 is 4.79 Å². The molecule has 3 aliphatic heterocycles. The van der Waals surface area contributed by atoms with Crippen LogP contribution in [-0.2, 0) is 0 Å². The van der Waals surface area contributed by atoms with Gasteiger partial charge in [0.25, 0.3) is 5.91 Å². The normalized spacial score (nSPS) is 28.9. The quantitative estimate of drug-likeness (QED) is 0.827. The van der Waals surface area contributed by atoms with E-state index < -0.39 is 0 Å². The minimum Gasteiger partial charge on any atom is -0.346 e. The number of nitrogens with one attached hydrogen (secondary N) is 1. The molecule has 5 rings (SSSR count). The van der Waals surface area contributed by atoms with E-state index in [1.807, 2.05) is 12.1 Å². The molecule has 3 aliphatic rings. The minimum absolute atomic E-state index is 0.0521. The lowest BCUT2D eigenvalue weighted by Crippen LogP contribution is -2.69. The molecule has 0 unspecified atom stereocenters. The zero-order valence-electron chi connectivity index (χ0n) is 13.4. The van der Waals surface area contributed by atoms with Gasteiger partial charge in [-0.05, 0) is 69.3 Å². The Kier molecular flexibility index (Phi) is 3.78. The van der Waals surface area contributed by atoms with E-state index in [2.05, 4.69) is 52.1 Å². The molecule has 4 heterocycles. The van der Waals surface area contributed by atoms with Crippen molar-refractivity contribution in [3.63, 3.8) is 0 Å². The van der Waals surface area contributed by atoms with Crippen LogP contribution in [0.25, 0.3) is 10.1 Å². The molecule has 23 heavy (non-hydrogen) atoms. The number of hydrogen-bond acceptors (Lipinski definition) is 3. The molecule has 3 nitrogen and oxygen atoms in total. The van der Waals surface area contributed by atoms with E-state index in [0.717, 1.165) is 19.4 Å². The maximum Gasteiger partial charge on any atom is 0.261 e. The summed E-state index contributed by atoms with van der Waals surface area (Å²) in [7, 11) is 0. The largest absolute Gasteiger partial charge is 0.346 e. The standard InChI is InChI=1S/C18H21BrN2OS/c1-18(2)16(11-5-7-21(18)8-6-11)20-17(22)15-9-12-3-4-13(19)10-14(12)23-15/h3-4,9-11,16H,5-8H2,1-2H3,(H,20,22)/t16-/m1/s1. The second-order valence-electron chi connectivity index (χ2n) is 7.22. The van der Waals surface area contributed by atoms with Gasteiger partial charge < -0.3 is 5.32 Å². The number of benzene rings is 1. The minimum atomic E-state index is 0.0521. The van der Waals surface area contributed by atoms with Crippen LogP contribution in [0.3, 0.4) is 0 Å². The third-order valence-electron chi connectivity index (χ3n) is 5.58. The van der Waals surface area contributed by atoms with E-state index >= 15 is 0 Å². The zero-order valence-corrected chi connectivity index (χ0v) is 15.8. The number of fused-ring (bicyclic) bond motifs is 4. The van der Waals surface area contributed by atoms with E-state index in [1.54, 1.807) is 11.3 Å². The van der Waals surface area contributed by atoms with Crippen molar-refractivity contribution in [3.8, 4) is 0 Å². The second-order valence-corrected chi connectivity index (χ2v) is 9.22. The van der Waals surface area contributed by atoms with E-state index in [-0.39, 0.29) is 17.5 Å². The third kappa shape index (κ3) is 2.63. The second kappa shape index (κ2) is 5.57. The summed E-state index contributed by atoms with van der Waals surface area (Å²) in [4.78, 5) is 16.1. The number of hydrogen-bond donors (Lipinski definition) is 1. The van der Waals surface area contributed by atoms with Crippen LogP contribution >= 0.6 is 27.3 Å². The zero-order chi connectivity index (χ0) is 16.2. The Morgan fingerprint density at radius 3 is 2.74 bits per heavy atom. The number of piperidine rings is 3. The van der Waals surface area contributed by atoms with Gasteiger partial charge in [0.1, 0.15) is 0 Å². The molecule has 5 heteroatoms. The van der Waals surface area contributed by atoms with Crippen LogP contribution in [0.4, 0.5) is 0 Å². The van der Waals surface area contributed by atoms with Crippen LogP contribution in [0, 0.1) is 5.92 Å². The molecule has 0 aliphatic carbocycles. The van der Waals surface area contributed by atoms with Gasteiger partial charge in [-0.15, -0.1) is 11.3 Å². The first-order chi connectivity index (χ1) is 10.9. The first-order valence-corrected chi connectivity index (χ1v) is 9.81. The maximum atomic E-state index is 12.8. The molecule has 3 fully saturated rings. The fourth-order valence-corrected chi connectivity index (χ4v) is 5.72. The molecule has 122 valence electrons. The lowest BCUT2D eigenvalue weighted by molar-refractivity contribution is -0.0377. The molecule has 1 aromatic heterocycles. The van der Waals surface area contributed by atoms with Crippen molar-refractivity contribution in [2.45, 2.75) is 38.3 Å². The Labute approximate surface area is 149 Å². The van der Waals surface area contributed by atoms with E-state index in [1.165, 1.54) is 25.9 Å². The highest BCUT2D eigenvalue weighted by molar-refractivity contribution is 9.10. The number of rotatable bonds is 2. The Bertz CT molecular complexity index is 761. The number of amides is 1. The molecule has 3 saturated heterocycles. The highest BCUT2D eigenvalue weighted by atomic mass is 79.9. The predicted molar refractivity (Wildman–Crippen MR) is 99.2 cm³/mol. The van der Waals surface area contributed by atoms with Gasteiger partial charge in [-0.3, -0.25) is 9.69 Å². The highest BCUT2D eigenvalue weighted by Gasteiger charge is 2.48. The molecule has 0 radical (unpaired) electrons. The smallest absolute Gasteiger partial charge is 0.261 e. The fraction of sp³-hybridized carbons (Fsp3) is 0.500. The summed E-state index contributed by atoms with van der Waals surface area (Å²) >= 11 is 5.07. The Morgan fingerprint density at radius 2 is 2.04 bits per heavy atom. The highest BCUT2D eigenvalue weighted by Crippen LogP contribution is 2.39.